The summed E-state index contributed by atoms with van der Waals surface area (Å²) >= 11 is 3.50. The molecule has 0 bridgehead atoms. The minimum atomic E-state index is -0.403. The van der Waals surface area contributed by atoms with E-state index in [1.165, 1.54) is 0 Å². The van der Waals surface area contributed by atoms with Crippen LogP contribution in [0.4, 0.5) is 0 Å². The van der Waals surface area contributed by atoms with Crippen LogP contribution >= 0.6 is 15.9 Å². The van der Waals surface area contributed by atoms with E-state index in [9.17, 15) is 0 Å². The van der Waals surface area contributed by atoms with Crippen molar-refractivity contribution in [2.45, 2.75) is 45.8 Å². The molecule has 4 nitrogen and oxygen atoms in total. The predicted octanol–water partition coefficient (Wildman–Crippen LogP) is 2.46. The fourth-order valence-electron chi connectivity index (χ4n) is 1.92. The molecular weight excluding hydrogens is 309 g/mol. The standard InChI is InChI=1S/C13H19BBrNO3/c1-8-9(7-16-11(17-6)10(8)15)14-18-12(2,3)13(4,5)19-14/h7H,1-6H3. The third kappa shape index (κ3) is 2.41. The fraction of sp³-hybridized carbons (Fsp3) is 0.615. The lowest BCUT2D eigenvalue weighted by Crippen LogP contribution is -2.41. The van der Waals surface area contributed by atoms with Gasteiger partial charge < -0.3 is 14.0 Å². The van der Waals surface area contributed by atoms with Gasteiger partial charge in [0.1, 0.15) is 0 Å². The zero-order valence-electron chi connectivity index (χ0n) is 12.2. The van der Waals surface area contributed by atoms with Crippen LogP contribution in [0.25, 0.3) is 0 Å². The van der Waals surface area contributed by atoms with Gasteiger partial charge in [0.25, 0.3) is 0 Å². The minimum absolute atomic E-state index is 0.351. The highest BCUT2D eigenvalue weighted by Gasteiger charge is 2.52. The molecule has 1 aliphatic heterocycles. The van der Waals surface area contributed by atoms with Crippen LogP contribution in [-0.4, -0.2) is 30.4 Å². The van der Waals surface area contributed by atoms with E-state index in [2.05, 4.69) is 20.9 Å². The van der Waals surface area contributed by atoms with Crippen LogP contribution < -0.4 is 10.2 Å². The van der Waals surface area contributed by atoms with Crippen LogP contribution in [0.15, 0.2) is 10.7 Å². The summed E-state index contributed by atoms with van der Waals surface area (Å²) in [4.78, 5) is 4.27. The number of methoxy groups -OCH3 is 1. The average Bonchev–Trinajstić information content (AvgIpc) is 2.51. The van der Waals surface area contributed by atoms with Crippen molar-refractivity contribution in [1.82, 2.24) is 4.98 Å². The summed E-state index contributed by atoms with van der Waals surface area (Å²) in [6.07, 6.45) is 1.75. The topological polar surface area (TPSA) is 40.6 Å². The average molecular weight is 328 g/mol. The summed E-state index contributed by atoms with van der Waals surface area (Å²) in [5.41, 5.74) is 1.24. The maximum absolute atomic E-state index is 6.04. The van der Waals surface area contributed by atoms with Gasteiger partial charge in [-0.1, -0.05) is 0 Å². The molecule has 1 saturated heterocycles. The molecule has 19 heavy (non-hydrogen) atoms. The van der Waals surface area contributed by atoms with Crippen molar-refractivity contribution in [3.8, 4) is 5.88 Å². The van der Waals surface area contributed by atoms with Gasteiger partial charge >= 0.3 is 7.12 Å². The number of pyridine rings is 1. The van der Waals surface area contributed by atoms with Crippen molar-refractivity contribution in [1.29, 1.82) is 0 Å². The lowest BCUT2D eigenvalue weighted by Gasteiger charge is -2.32. The van der Waals surface area contributed by atoms with E-state index >= 15 is 0 Å². The van der Waals surface area contributed by atoms with E-state index in [0.29, 0.717) is 5.88 Å². The highest BCUT2D eigenvalue weighted by Crippen LogP contribution is 2.37. The Bertz CT molecular complexity index is 489. The normalized spacial score (nSPS) is 20.7. The van der Waals surface area contributed by atoms with Crippen LogP contribution in [-0.2, 0) is 9.31 Å². The quantitative estimate of drug-likeness (QED) is 0.782. The Morgan fingerprint density at radius 2 is 1.74 bits per heavy atom. The zero-order chi connectivity index (χ0) is 14.4. The summed E-state index contributed by atoms with van der Waals surface area (Å²) in [7, 11) is 1.20. The van der Waals surface area contributed by atoms with E-state index < -0.39 is 7.12 Å². The molecule has 1 aliphatic rings. The second-order valence-electron chi connectivity index (χ2n) is 5.75. The number of hydrogen-bond acceptors (Lipinski definition) is 4. The number of halogens is 1. The molecule has 104 valence electrons. The molecule has 0 saturated carbocycles. The maximum atomic E-state index is 6.04. The largest absolute Gasteiger partial charge is 0.496 e. The van der Waals surface area contributed by atoms with Gasteiger partial charge in [-0.25, -0.2) is 4.98 Å². The van der Waals surface area contributed by atoms with Crippen molar-refractivity contribution in [2.75, 3.05) is 7.11 Å². The Labute approximate surface area is 123 Å². The Kier molecular flexibility index (Phi) is 3.71. The predicted molar refractivity (Wildman–Crippen MR) is 78.9 cm³/mol. The highest BCUT2D eigenvalue weighted by molar-refractivity contribution is 9.10. The molecule has 0 N–H and O–H groups in total. The van der Waals surface area contributed by atoms with Crippen LogP contribution in [0.2, 0.25) is 0 Å². The Hall–Kier alpha value is -0.585. The van der Waals surface area contributed by atoms with Gasteiger partial charge in [-0.05, 0) is 56.1 Å². The summed E-state index contributed by atoms with van der Waals surface area (Å²) in [6, 6.07) is 0. The van der Waals surface area contributed by atoms with Crippen molar-refractivity contribution in [3.63, 3.8) is 0 Å². The van der Waals surface area contributed by atoms with Crippen LogP contribution in [0, 0.1) is 6.92 Å². The van der Waals surface area contributed by atoms with E-state index in [0.717, 1.165) is 15.5 Å². The lowest BCUT2D eigenvalue weighted by atomic mass is 9.77. The third-order valence-electron chi connectivity index (χ3n) is 3.97. The van der Waals surface area contributed by atoms with Crippen molar-refractivity contribution >= 4 is 28.5 Å². The third-order valence-corrected chi connectivity index (χ3v) is 4.91. The first-order valence-corrected chi connectivity index (χ1v) is 7.03. The van der Waals surface area contributed by atoms with Gasteiger partial charge in [0.2, 0.25) is 5.88 Å². The second kappa shape index (κ2) is 4.75. The van der Waals surface area contributed by atoms with Gasteiger partial charge in [0.15, 0.2) is 0 Å². The first-order chi connectivity index (χ1) is 8.69. The molecule has 0 atom stereocenters. The molecule has 2 heterocycles. The fourth-order valence-corrected chi connectivity index (χ4v) is 2.41. The Morgan fingerprint density at radius 3 is 2.21 bits per heavy atom. The molecule has 1 aromatic heterocycles. The molecular formula is C13H19BBrNO3. The lowest BCUT2D eigenvalue weighted by molar-refractivity contribution is 0.00578. The molecule has 0 aliphatic carbocycles. The van der Waals surface area contributed by atoms with Crippen LogP contribution in [0.3, 0.4) is 0 Å². The summed E-state index contributed by atoms with van der Waals surface area (Å²) in [5.74, 6) is 0.567. The Morgan fingerprint density at radius 1 is 1.21 bits per heavy atom. The molecule has 2 rings (SSSR count). The van der Waals surface area contributed by atoms with E-state index in [1.807, 2.05) is 34.6 Å². The molecule has 0 aromatic carbocycles. The van der Waals surface area contributed by atoms with E-state index in [4.69, 9.17) is 14.0 Å². The van der Waals surface area contributed by atoms with Crippen LogP contribution in [0.1, 0.15) is 33.3 Å². The van der Waals surface area contributed by atoms with Crippen molar-refractivity contribution < 1.29 is 14.0 Å². The molecule has 6 heteroatoms. The molecule has 0 spiro atoms. The highest BCUT2D eigenvalue weighted by atomic mass is 79.9. The van der Waals surface area contributed by atoms with Gasteiger partial charge in [0, 0.05) is 11.7 Å². The number of rotatable bonds is 2. The SMILES string of the molecule is COc1ncc(B2OC(C)(C)C(C)(C)O2)c(C)c1Br. The molecule has 1 fully saturated rings. The first-order valence-electron chi connectivity index (χ1n) is 6.24. The molecule has 1 aromatic rings. The monoisotopic (exact) mass is 327 g/mol. The van der Waals surface area contributed by atoms with Crippen molar-refractivity contribution in [2.24, 2.45) is 0 Å². The summed E-state index contributed by atoms with van der Waals surface area (Å²) in [6.45, 7) is 10.1. The van der Waals surface area contributed by atoms with E-state index in [-0.39, 0.29) is 11.2 Å². The number of nitrogens with zero attached hydrogens (tertiary/aromatic N) is 1. The van der Waals surface area contributed by atoms with Crippen molar-refractivity contribution in [3.05, 3.63) is 16.2 Å². The van der Waals surface area contributed by atoms with Gasteiger partial charge in [0.05, 0.1) is 22.8 Å². The zero-order valence-corrected chi connectivity index (χ0v) is 13.8. The van der Waals surface area contributed by atoms with E-state index in [1.54, 1.807) is 13.3 Å². The minimum Gasteiger partial charge on any atom is -0.480 e. The molecule has 0 radical (unpaired) electrons. The van der Waals surface area contributed by atoms with Gasteiger partial charge in [-0.15, -0.1) is 0 Å². The van der Waals surface area contributed by atoms with Gasteiger partial charge in [-0.3, -0.25) is 0 Å². The summed E-state index contributed by atoms with van der Waals surface area (Å²) in [5, 5.41) is 0. The first kappa shape index (κ1) is 14.8. The van der Waals surface area contributed by atoms with Crippen LogP contribution in [0.5, 0.6) is 5.88 Å². The van der Waals surface area contributed by atoms with Gasteiger partial charge in [-0.2, -0.15) is 0 Å². The number of hydrogen-bond donors (Lipinski definition) is 0. The molecule has 0 amide bonds. The molecule has 0 unspecified atom stereocenters. The maximum Gasteiger partial charge on any atom is 0.496 e. The smallest absolute Gasteiger partial charge is 0.480 e. The second-order valence-corrected chi connectivity index (χ2v) is 6.54. The number of aromatic nitrogens is 1. The number of ether oxygens (including phenoxy) is 1. The summed E-state index contributed by atoms with van der Waals surface area (Å²) < 4.78 is 18.1. The Balaban J connectivity index is 2.38.